The van der Waals surface area contributed by atoms with Crippen molar-refractivity contribution in [3.05, 3.63) is 11.8 Å². The van der Waals surface area contributed by atoms with Crippen molar-refractivity contribution >= 4 is 82.6 Å². The van der Waals surface area contributed by atoms with Gasteiger partial charge in [0.2, 0.25) is 47.3 Å². The standard InChI is InChI=1S/C55H96ClN13O18/c1-5-8-10-11-12-13-14-15-16-19-32(71)27-40(73)61-38-30-87-55(86)43(39(72)29-56)68-53(84)44(45(76)54(85)60-26-9-6-2)69-46(77)33(7-3)62-52(83)42(31(4)70)67-49(80)36(22-25-59)64-47(78)34(20-17-18-23-57)63-50(81)37(28-41(74)75)66-48(79)35(21-24-58)65-51(38)82/h7,31-32,34-39,42-45,70-72,76H,5-6,8-30,57-59H2,1-4H3,(H,60,85)(H,61,73)(H,62,83)(H,63,81)(H,64,78)(H,65,82)(H,66,79)(H,67,80)(H,68,84)(H,69,77)(H,74,75)/b33-7+/t31-,32-,34-,35+,36-,37-,38-,39+,42-,43-,44-,45?/m0/s1. The molecule has 1 rings (SSSR count). The number of carboxylic acid groups (broad SMARTS) is 1. The summed E-state index contributed by atoms with van der Waals surface area (Å²) in [6, 6.07) is -15.5. The molecule has 10 amide bonds. The Bertz CT molecular complexity index is 2270. The van der Waals surface area contributed by atoms with Crippen LogP contribution in [0, 0.1) is 0 Å². The first-order valence-electron chi connectivity index (χ1n) is 29.8. The maximum atomic E-state index is 14.3. The van der Waals surface area contributed by atoms with E-state index < -0.39 is 181 Å². The predicted molar refractivity (Wildman–Crippen MR) is 316 cm³/mol. The topological polar surface area (TPSA) is 514 Å². The summed E-state index contributed by atoms with van der Waals surface area (Å²) in [7, 11) is 0. The molecular weight excluding hydrogens is 1170 g/mol. The van der Waals surface area contributed by atoms with E-state index in [4.69, 9.17) is 33.5 Å². The highest BCUT2D eigenvalue weighted by atomic mass is 35.5. The molecule has 0 spiro atoms. The van der Waals surface area contributed by atoms with Gasteiger partial charge in [0, 0.05) is 6.54 Å². The van der Waals surface area contributed by atoms with Crippen LogP contribution in [0.2, 0.25) is 0 Å². The number of carbonyl (C=O) groups excluding carboxylic acids is 11. The Kier molecular flexibility index (Phi) is 39.6. The van der Waals surface area contributed by atoms with E-state index in [1.165, 1.54) is 6.92 Å². The monoisotopic (exact) mass is 1260 g/mol. The lowest BCUT2D eigenvalue weighted by Gasteiger charge is -2.29. The Labute approximate surface area is 512 Å². The second-order valence-corrected chi connectivity index (χ2v) is 21.5. The highest BCUT2D eigenvalue weighted by molar-refractivity contribution is 6.18. The molecule has 1 aliphatic rings. The largest absolute Gasteiger partial charge is 0.481 e. The Morgan fingerprint density at radius 2 is 1.14 bits per heavy atom. The lowest BCUT2D eigenvalue weighted by Crippen LogP contribution is -2.63. The predicted octanol–water partition coefficient (Wildman–Crippen LogP) is -4.33. The van der Waals surface area contributed by atoms with Crippen molar-refractivity contribution in [3.63, 3.8) is 0 Å². The van der Waals surface area contributed by atoms with Crippen LogP contribution in [0.5, 0.6) is 0 Å². The molecule has 1 saturated heterocycles. The number of ether oxygens (including phenoxy) is 1. The summed E-state index contributed by atoms with van der Waals surface area (Å²) in [6.07, 6.45) is 1.28. The SMILES string of the molecule is C/C=C1/NC(=O)[C@H]([C@H](C)O)NC(=O)[C@H](CCN)NC(=O)[C@H](CCCCN)NC(=O)[C@H](CC(=O)O)NC(=O)[C@@H](CCN)NC(=O)[C@@H](NC(=O)C[C@@H](O)CCCCCCCCCCC)COC(=O)[C@H]([C@H](O)CCl)NC(=O)[C@H](C(O)C(=O)NCCCC)NC1=O. The number of hydrogen-bond acceptors (Lipinski definition) is 20. The molecule has 0 radical (unpaired) electrons. The minimum atomic E-state index is -2.48. The van der Waals surface area contributed by atoms with E-state index >= 15 is 0 Å². The van der Waals surface area contributed by atoms with Gasteiger partial charge < -0.3 is 101 Å². The number of carboxylic acids is 1. The molecule has 1 unspecified atom stereocenters. The van der Waals surface area contributed by atoms with Crippen molar-refractivity contribution in [2.24, 2.45) is 17.2 Å². The Morgan fingerprint density at radius 1 is 0.621 bits per heavy atom. The van der Waals surface area contributed by atoms with Crippen LogP contribution in [0.1, 0.15) is 150 Å². The first-order chi connectivity index (χ1) is 41.3. The van der Waals surface area contributed by atoms with Gasteiger partial charge >= 0.3 is 11.9 Å². The van der Waals surface area contributed by atoms with Crippen molar-refractivity contribution in [2.75, 3.05) is 38.7 Å². The number of esters is 1. The van der Waals surface area contributed by atoms with E-state index in [1.54, 1.807) is 6.92 Å². The molecule has 0 aromatic carbocycles. The number of unbranched alkanes of at least 4 members (excludes halogenated alkanes) is 10. The van der Waals surface area contributed by atoms with Gasteiger partial charge in [0.15, 0.2) is 12.1 Å². The normalized spacial score (nSPS) is 23.9. The molecule has 0 bridgehead atoms. The number of nitrogens with two attached hydrogens (primary N) is 3. The molecule has 0 aromatic rings. The molecule has 32 heteroatoms. The maximum Gasteiger partial charge on any atom is 0.331 e. The van der Waals surface area contributed by atoms with Crippen LogP contribution in [0.25, 0.3) is 0 Å². The zero-order valence-corrected chi connectivity index (χ0v) is 51.1. The molecule has 0 aliphatic carbocycles. The molecule has 0 saturated carbocycles. The number of aliphatic hydroxyl groups is 4. The summed E-state index contributed by atoms with van der Waals surface area (Å²) in [6.45, 7) is 4.54. The van der Waals surface area contributed by atoms with E-state index in [0.29, 0.717) is 25.7 Å². The summed E-state index contributed by atoms with van der Waals surface area (Å²) in [5.41, 5.74) is 16.6. The number of allylic oxidation sites excluding steroid dienone is 1. The molecule has 0 aromatic heterocycles. The second-order valence-electron chi connectivity index (χ2n) is 21.2. The fraction of sp³-hybridized carbons (Fsp3) is 0.745. The summed E-state index contributed by atoms with van der Waals surface area (Å²) in [4.78, 5) is 165. The number of hydrogen-bond donors (Lipinski definition) is 18. The molecule has 12 atom stereocenters. The molecular formula is C55H96ClN13O18. The molecule has 87 heavy (non-hydrogen) atoms. The van der Waals surface area contributed by atoms with Crippen molar-refractivity contribution in [1.29, 1.82) is 0 Å². The molecule has 496 valence electrons. The van der Waals surface area contributed by atoms with Crippen molar-refractivity contribution in [1.82, 2.24) is 53.2 Å². The van der Waals surface area contributed by atoms with Gasteiger partial charge in [-0.15, -0.1) is 11.6 Å². The zero-order valence-electron chi connectivity index (χ0n) is 50.3. The van der Waals surface area contributed by atoms with Gasteiger partial charge in [0.05, 0.1) is 37.0 Å². The number of nitrogens with one attached hydrogen (secondary N) is 10. The lowest BCUT2D eigenvalue weighted by atomic mass is 10.0. The van der Waals surface area contributed by atoms with Crippen molar-refractivity contribution in [2.45, 2.75) is 222 Å². The van der Waals surface area contributed by atoms with E-state index in [9.17, 15) is 83.1 Å². The van der Waals surface area contributed by atoms with E-state index in [1.807, 2.05) is 0 Å². The molecule has 1 fully saturated rings. The van der Waals surface area contributed by atoms with Gasteiger partial charge in [-0.3, -0.25) is 52.7 Å². The van der Waals surface area contributed by atoms with Crippen LogP contribution in [0.4, 0.5) is 0 Å². The van der Waals surface area contributed by atoms with Gasteiger partial charge in [-0.25, -0.2) is 4.79 Å². The fourth-order valence-corrected chi connectivity index (χ4v) is 8.91. The Hall–Kier alpha value is -6.61. The fourth-order valence-electron chi connectivity index (χ4n) is 8.73. The number of aliphatic hydroxyl groups excluding tert-OH is 4. The van der Waals surface area contributed by atoms with Crippen LogP contribution < -0.4 is 70.4 Å². The van der Waals surface area contributed by atoms with E-state index in [2.05, 4.69) is 60.1 Å². The van der Waals surface area contributed by atoms with E-state index in [0.717, 1.165) is 64.4 Å². The Balaban J connectivity index is 4.09. The molecule has 1 aliphatic heterocycles. The lowest BCUT2D eigenvalue weighted by molar-refractivity contribution is -0.154. The van der Waals surface area contributed by atoms with Gasteiger partial charge in [-0.2, -0.15) is 0 Å². The van der Waals surface area contributed by atoms with E-state index in [-0.39, 0.29) is 51.9 Å². The minimum Gasteiger partial charge on any atom is -0.481 e. The number of aliphatic carboxylic acids is 1. The first kappa shape index (κ1) is 78.4. The third-order valence-electron chi connectivity index (χ3n) is 13.8. The van der Waals surface area contributed by atoms with Crippen LogP contribution >= 0.6 is 11.6 Å². The average Bonchev–Trinajstić information content (AvgIpc) is 3.36. The average molecular weight is 1260 g/mol. The van der Waals surface area contributed by atoms with Gasteiger partial charge in [-0.05, 0) is 78.4 Å². The number of alkyl halides is 1. The highest BCUT2D eigenvalue weighted by Gasteiger charge is 2.41. The third-order valence-corrected chi connectivity index (χ3v) is 14.1. The first-order valence-corrected chi connectivity index (χ1v) is 30.3. The number of amides is 10. The Morgan fingerprint density at radius 3 is 1.67 bits per heavy atom. The summed E-state index contributed by atoms with van der Waals surface area (Å²) >= 11 is 5.95. The highest BCUT2D eigenvalue weighted by Crippen LogP contribution is 2.14. The molecule has 21 N–H and O–H groups in total. The number of carbonyl (C=O) groups is 12. The zero-order chi connectivity index (χ0) is 65.6. The third kappa shape index (κ3) is 30.2. The summed E-state index contributed by atoms with van der Waals surface area (Å²) in [5, 5.41) is 76.5. The number of halogens is 1. The van der Waals surface area contributed by atoms with Gasteiger partial charge in [0.25, 0.3) is 11.8 Å². The van der Waals surface area contributed by atoms with Crippen LogP contribution in [0.3, 0.4) is 0 Å². The molecule has 1 heterocycles. The van der Waals surface area contributed by atoms with Crippen LogP contribution in [0.15, 0.2) is 11.8 Å². The van der Waals surface area contributed by atoms with Crippen LogP contribution in [-0.4, -0.2) is 208 Å². The van der Waals surface area contributed by atoms with Gasteiger partial charge in [0.1, 0.15) is 54.6 Å². The summed E-state index contributed by atoms with van der Waals surface area (Å²) in [5.74, 6) is -16.4. The number of cyclic esters (lactones) is 1. The summed E-state index contributed by atoms with van der Waals surface area (Å²) < 4.78 is 5.38. The van der Waals surface area contributed by atoms with Gasteiger partial charge in [-0.1, -0.05) is 84.1 Å². The minimum absolute atomic E-state index is 0.0224. The quantitative estimate of drug-likeness (QED) is 0.0135. The number of rotatable bonds is 31. The maximum absolute atomic E-state index is 14.3. The van der Waals surface area contributed by atoms with Crippen molar-refractivity contribution in [3.8, 4) is 0 Å². The smallest absolute Gasteiger partial charge is 0.331 e. The second kappa shape index (κ2) is 43.9. The van der Waals surface area contributed by atoms with Crippen LogP contribution in [-0.2, 0) is 62.3 Å². The molecule has 31 nitrogen and oxygen atoms in total. The van der Waals surface area contributed by atoms with Crippen molar-refractivity contribution < 1.29 is 87.8 Å².